The fourth-order valence-electron chi connectivity index (χ4n) is 1.96. The minimum Gasteiger partial charge on any atom is -0.496 e. The van der Waals surface area contributed by atoms with Crippen LogP contribution in [0.15, 0.2) is 30.3 Å². The van der Waals surface area contributed by atoms with Crippen LogP contribution in [0.5, 0.6) is 5.75 Å². The molecule has 0 radical (unpaired) electrons. The van der Waals surface area contributed by atoms with Crippen LogP contribution in [-0.4, -0.2) is 7.11 Å². The van der Waals surface area contributed by atoms with Crippen LogP contribution in [0.25, 0.3) is 10.8 Å². The number of benzene rings is 2. The minimum absolute atomic E-state index is 0.958. The second kappa shape index (κ2) is 3.33. The molecule has 1 nitrogen and oxygen atoms in total. The van der Waals surface area contributed by atoms with Crippen molar-refractivity contribution in [2.45, 2.75) is 13.8 Å². The zero-order valence-electron chi connectivity index (χ0n) is 8.79. The molecule has 0 amide bonds. The van der Waals surface area contributed by atoms with Gasteiger partial charge in [0.1, 0.15) is 5.75 Å². The van der Waals surface area contributed by atoms with Gasteiger partial charge in [0.05, 0.1) is 7.11 Å². The number of fused-ring (bicyclic) bond motifs is 1. The number of methoxy groups -OCH3 is 1. The molecule has 0 unspecified atom stereocenters. The lowest BCUT2D eigenvalue weighted by atomic mass is 10.0. The van der Waals surface area contributed by atoms with Crippen LogP contribution in [0.2, 0.25) is 0 Å². The Morgan fingerprint density at radius 2 is 1.86 bits per heavy atom. The molecule has 0 aliphatic rings. The number of aryl methyl sites for hydroxylation is 2. The summed E-state index contributed by atoms with van der Waals surface area (Å²) in [6, 6.07) is 10.5. The number of rotatable bonds is 1. The first-order chi connectivity index (χ1) is 6.72. The van der Waals surface area contributed by atoms with E-state index in [1.54, 1.807) is 7.11 Å². The molecular weight excluding hydrogens is 172 g/mol. The zero-order valence-corrected chi connectivity index (χ0v) is 8.79. The van der Waals surface area contributed by atoms with E-state index >= 15 is 0 Å². The molecule has 0 aromatic heterocycles. The maximum atomic E-state index is 5.35. The molecule has 0 heterocycles. The maximum absolute atomic E-state index is 5.35. The Balaban J connectivity index is 2.87. The van der Waals surface area contributed by atoms with E-state index in [-0.39, 0.29) is 0 Å². The highest BCUT2D eigenvalue weighted by Crippen LogP contribution is 2.29. The molecule has 0 saturated carbocycles. The van der Waals surface area contributed by atoms with E-state index in [9.17, 15) is 0 Å². The molecule has 1 heteroatoms. The Bertz CT molecular complexity index is 472. The first-order valence-corrected chi connectivity index (χ1v) is 4.76. The summed E-state index contributed by atoms with van der Waals surface area (Å²) in [5.41, 5.74) is 2.57. The Hall–Kier alpha value is -1.50. The van der Waals surface area contributed by atoms with Gasteiger partial charge in [0.25, 0.3) is 0 Å². The molecular formula is C13H14O. The van der Waals surface area contributed by atoms with Crippen molar-refractivity contribution < 1.29 is 4.74 Å². The number of hydrogen-bond donors (Lipinski definition) is 0. The van der Waals surface area contributed by atoms with Crippen LogP contribution in [-0.2, 0) is 0 Å². The van der Waals surface area contributed by atoms with E-state index in [0.29, 0.717) is 0 Å². The van der Waals surface area contributed by atoms with E-state index in [0.717, 1.165) is 5.75 Å². The molecule has 0 saturated heterocycles. The lowest BCUT2D eigenvalue weighted by Crippen LogP contribution is -1.88. The summed E-state index contributed by atoms with van der Waals surface area (Å²) >= 11 is 0. The van der Waals surface area contributed by atoms with Gasteiger partial charge in [-0.25, -0.2) is 0 Å². The number of hydrogen-bond acceptors (Lipinski definition) is 1. The Morgan fingerprint density at radius 1 is 1.07 bits per heavy atom. The highest BCUT2D eigenvalue weighted by Gasteiger charge is 2.03. The molecule has 0 atom stereocenters. The molecule has 0 aliphatic carbocycles. The van der Waals surface area contributed by atoms with Gasteiger partial charge in [0, 0.05) is 5.39 Å². The van der Waals surface area contributed by atoms with Crippen LogP contribution >= 0.6 is 0 Å². The van der Waals surface area contributed by atoms with Gasteiger partial charge in [-0.05, 0) is 30.9 Å². The standard InChI is InChI=1S/C13H14O/c1-9-7-10(2)13-11(8-9)5-4-6-12(13)14-3/h4-8H,1-3H3. The van der Waals surface area contributed by atoms with Crippen molar-refractivity contribution in [1.82, 2.24) is 0 Å². The third kappa shape index (κ3) is 1.35. The zero-order chi connectivity index (χ0) is 10.1. The maximum Gasteiger partial charge on any atom is 0.126 e. The van der Waals surface area contributed by atoms with E-state index < -0.39 is 0 Å². The van der Waals surface area contributed by atoms with Crippen molar-refractivity contribution in [1.29, 1.82) is 0 Å². The average Bonchev–Trinajstić information content (AvgIpc) is 2.16. The molecule has 0 bridgehead atoms. The fraction of sp³-hybridized carbons (Fsp3) is 0.231. The molecule has 72 valence electrons. The minimum atomic E-state index is 0.958. The van der Waals surface area contributed by atoms with Crippen LogP contribution in [0, 0.1) is 13.8 Å². The monoisotopic (exact) mass is 186 g/mol. The summed E-state index contributed by atoms with van der Waals surface area (Å²) in [4.78, 5) is 0. The van der Waals surface area contributed by atoms with Crippen molar-refractivity contribution in [3.63, 3.8) is 0 Å². The molecule has 0 aliphatic heterocycles. The van der Waals surface area contributed by atoms with Crippen LogP contribution < -0.4 is 4.74 Å². The van der Waals surface area contributed by atoms with Crippen molar-refractivity contribution >= 4 is 10.8 Å². The molecule has 2 rings (SSSR count). The summed E-state index contributed by atoms with van der Waals surface area (Å²) in [7, 11) is 1.72. The topological polar surface area (TPSA) is 9.23 Å². The molecule has 2 aromatic rings. The number of ether oxygens (including phenoxy) is 1. The summed E-state index contributed by atoms with van der Waals surface area (Å²) in [6.45, 7) is 4.24. The van der Waals surface area contributed by atoms with Crippen LogP contribution in [0.4, 0.5) is 0 Å². The second-order valence-corrected chi connectivity index (χ2v) is 3.64. The molecule has 0 spiro atoms. The van der Waals surface area contributed by atoms with Crippen LogP contribution in [0.3, 0.4) is 0 Å². The van der Waals surface area contributed by atoms with Gasteiger partial charge < -0.3 is 4.74 Å². The van der Waals surface area contributed by atoms with E-state index in [2.05, 4.69) is 32.0 Å². The molecule has 0 N–H and O–H groups in total. The lowest BCUT2D eigenvalue weighted by molar-refractivity contribution is 0.419. The lowest BCUT2D eigenvalue weighted by Gasteiger charge is -2.08. The fourth-order valence-corrected chi connectivity index (χ4v) is 1.96. The highest BCUT2D eigenvalue weighted by atomic mass is 16.5. The van der Waals surface area contributed by atoms with Crippen molar-refractivity contribution in [3.8, 4) is 5.75 Å². The predicted octanol–water partition coefficient (Wildman–Crippen LogP) is 3.47. The Kier molecular flexibility index (Phi) is 2.16. The van der Waals surface area contributed by atoms with Crippen molar-refractivity contribution in [3.05, 3.63) is 41.5 Å². The third-order valence-electron chi connectivity index (χ3n) is 2.50. The van der Waals surface area contributed by atoms with Gasteiger partial charge >= 0.3 is 0 Å². The van der Waals surface area contributed by atoms with Crippen molar-refractivity contribution in [2.24, 2.45) is 0 Å². The first kappa shape index (κ1) is 9.07. The summed E-state index contributed by atoms with van der Waals surface area (Å²) < 4.78 is 5.35. The summed E-state index contributed by atoms with van der Waals surface area (Å²) in [5, 5.41) is 2.47. The van der Waals surface area contributed by atoms with Gasteiger partial charge in [-0.1, -0.05) is 29.8 Å². The van der Waals surface area contributed by atoms with E-state index in [1.165, 1.54) is 21.9 Å². The summed E-state index contributed by atoms with van der Waals surface area (Å²) in [5.74, 6) is 0.958. The summed E-state index contributed by atoms with van der Waals surface area (Å²) in [6.07, 6.45) is 0. The molecule has 0 fully saturated rings. The second-order valence-electron chi connectivity index (χ2n) is 3.64. The van der Waals surface area contributed by atoms with Crippen LogP contribution in [0.1, 0.15) is 11.1 Å². The molecule has 14 heavy (non-hydrogen) atoms. The highest BCUT2D eigenvalue weighted by molar-refractivity contribution is 5.91. The Morgan fingerprint density at radius 3 is 2.57 bits per heavy atom. The largest absolute Gasteiger partial charge is 0.496 e. The Labute approximate surface area is 84.3 Å². The SMILES string of the molecule is COc1cccc2cc(C)cc(C)c12. The average molecular weight is 186 g/mol. The molecule has 2 aromatic carbocycles. The quantitative estimate of drug-likeness (QED) is 0.662. The van der Waals surface area contributed by atoms with Gasteiger partial charge in [0.15, 0.2) is 0 Å². The first-order valence-electron chi connectivity index (χ1n) is 4.76. The van der Waals surface area contributed by atoms with Gasteiger partial charge in [-0.2, -0.15) is 0 Å². The van der Waals surface area contributed by atoms with Gasteiger partial charge in [-0.15, -0.1) is 0 Å². The third-order valence-corrected chi connectivity index (χ3v) is 2.50. The predicted molar refractivity (Wildman–Crippen MR) is 60.0 cm³/mol. The van der Waals surface area contributed by atoms with Gasteiger partial charge in [0.2, 0.25) is 0 Å². The normalized spacial score (nSPS) is 10.5. The van der Waals surface area contributed by atoms with Gasteiger partial charge in [-0.3, -0.25) is 0 Å². The van der Waals surface area contributed by atoms with Crippen molar-refractivity contribution in [2.75, 3.05) is 7.11 Å². The van der Waals surface area contributed by atoms with E-state index in [4.69, 9.17) is 4.74 Å². The van der Waals surface area contributed by atoms with E-state index in [1.807, 2.05) is 12.1 Å². The smallest absolute Gasteiger partial charge is 0.126 e.